The maximum Gasteiger partial charge on any atom is 0.320 e. The summed E-state index contributed by atoms with van der Waals surface area (Å²) in [6.45, 7) is 31.3. The van der Waals surface area contributed by atoms with Crippen LogP contribution in [0.4, 0.5) is 0 Å². The minimum atomic E-state index is -2.25. The first-order valence-corrected chi connectivity index (χ1v) is 21.9. The third-order valence-corrected chi connectivity index (χ3v) is 14.2. The van der Waals surface area contributed by atoms with E-state index in [0.717, 1.165) is 0 Å². The normalized spacial score (nSPS) is 23.4. The Balaban J connectivity index is 2.52. The molecule has 0 radical (unpaired) electrons. The Hall–Kier alpha value is -2.10. The van der Waals surface area contributed by atoms with Crippen LogP contribution in [0.5, 0.6) is 0 Å². The monoisotopic (exact) mass is 757 g/mol. The second kappa shape index (κ2) is 18.5. The van der Waals surface area contributed by atoms with Crippen molar-refractivity contribution in [2.45, 2.75) is 143 Å². The third kappa shape index (κ3) is 16.5. The number of rotatable bonds is 10. The molecule has 0 aromatic heterocycles. The molecule has 14 heteroatoms. The second-order valence-corrected chi connectivity index (χ2v) is 23.8. The Morgan fingerprint density at radius 3 is 1.19 bits per heavy atom. The summed E-state index contributed by atoms with van der Waals surface area (Å²) in [5.74, 6) is -2.51. The van der Waals surface area contributed by atoms with E-state index >= 15 is 0 Å². The van der Waals surface area contributed by atoms with E-state index in [-0.39, 0.29) is 54.7 Å². The van der Waals surface area contributed by atoms with Crippen molar-refractivity contribution in [1.29, 1.82) is 0 Å². The van der Waals surface area contributed by atoms with Crippen LogP contribution in [0, 0.1) is 5.92 Å². The molecule has 0 unspecified atom stereocenters. The zero-order valence-electron chi connectivity index (χ0n) is 34.9. The summed E-state index contributed by atoms with van der Waals surface area (Å²) in [4.78, 5) is 60.3. The van der Waals surface area contributed by atoms with Gasteiger partial charge in [-0.15, -0.1) is 0 Å². The van der Waals surface area contributed by atoms with Gasteiger partial charge in [-0.05, 0) is 93.3 Å². The van der Waals surface area contributed by atoms with Gasteiger partial charge in [0.25, 0.3) is 0 Å². The molecule has 52 heavy (non-hydrogen) atoms. The van der Waals surface area contributed by atoms with Gasteiger partial charge in [-0.25, -0.2) is 0 Å². The zero-order chi connectivity index (χ0) is 39.9. The summed E-state index contributed by atoms with van der Waals surface area (Å²) in [6, 6.07) is -0.384. The Kier molecular flexibility index (Phi) is 16.4. The van der Waals surface area contributed by atoms with Gasteiger partial charge in [-0.1, -0.05) is 20.8 Å². The number of esters is 3. The minimum Gasteiger partial charge on any atom is -0.481 e. The summed E-state index contributed by atoms with van der Waals surface area (Å²) in [7, 11) is -2.25. The molecule has 1 aliphatic carbocycles. The predicted molar refractivity (Wildman–Crippen MR) is 205 cm³/mol. The molecule has 302 valence electrons. The quantitative estimate of drug-likeness (QED) is 0.191. The lowest BCUT2D eigenvalue weighted by Crippen LogP contribution is -2.56. The summed E-state index contributed by atoms with van der Waals surface area (Å²) in [6.07, 6.45) is 0.893. The van der Waals surface area contributed by atoms with E-state index in [1.807, 2.05) is 77.0 Å². The van der Waals surface area contributed by atoms with E-state index in [1.165, 1.54) is 0 Å². The van der Waals surface area contributed by atoms with Crippen LogP contribution in [0.15, 0.2) is 0 Å². The predicted octanol–water partition coefficient (Wildman–Crippen LogP) is 4.49. The average molecular weight is 757 g/mol. The number of carboxylic acid groups (broad SMARTS) is 1. The van der Waals surface area contributed by atoms with Crippen molar-refractivity contribution in [1.82, 2.24) is 19.6 Å². The molecule has 2 fully saturated rings. The summed E-state index contributed by atoms with van der Waals surface area (Å²) >= 11 is 0. The first kappa shape index (κ1) is 46.1. The SMILES string of the molecule is CC(C)(C)OC(=O)CN1CCN(CC(=O)OC(C)(C)C)CCN([C@@H]2[C@@H](O[Si](C)(C)C(C)(C)C)CC[C@@H]2C(=O)O)CCN(CC(=O)OC(C)(C)C)CC1. The van der Waals surface area contributed by atoms with Gasteiger partial charge in [0.2, 0.25) is 0 Å². The van der Waals surface area contributed by atoms with Crippen molar-refractivity contribution in [3.05, 3.63) is 0 Å². The second-order valence-electron chi connectivity index (χ2n) is 19.1. The van der Waals surface area contributed by atoms with Crippen molar-refractivity contribution < 1.29 is 42.9 Å². The molecule has 3 atom stereocenters. The molecule has 1 saturated heterocycles. The molecule has 0 bridgehead atoms. The fourth-order valence-electron chi connectivity index (χ4n) is 6.38. The van der Waals surface area contributed by atoms with Gasteiger partial charge in [-0.2, -0.15) is 0 Å². The number of carbonyl (C=O) groups is 4. The maximum absolute atomic E-state index is 13.1. The molecule has 0 aromatic carbocycles. The summed E-state index contributed by atoms with van der Waals surface area (Å²) in [5, 5.41) is 10.4. The van der Waals surface area contributed by atoms with Crippen LogP contribution in [-0.2, 0) is 37.8 Å². The van der Waals surface area contributed by atoms with Crippen molar-refractivity contribution in [3.63, 3.8) is 0 Å². The van der Waals surface area contributed by atoms with Crippen LogP contribution in [0.2, 0.25) is 18.1 Å². The Morgan fingerprint density at radius 1 is 0.577 bits per heavy atom. The molecule has 1 aliphatic heterocycles. The summed E-state index contributed by atoms with van der Waals surface area (Å²) in [5.41, 5.74) is -1.94. The van der Waals surface area contributed by atoms with Crippen molar-refractivity contribution in [2.24, 2.45) is 5.92 Å². The molecule has 1 saturated carbocycles. The highest BCUT2D eigenvalue weighted by molar-refractivity contribution is 6.74. The summed E-state index contributed by atoms with van der Waals surface area (Å²) < 4.78 is 24.0. The van der Waals surface area contributed by atoms with Crippen LogP contribution >= 0.6 is 0 Å². The first-order valence-electron chi connectivity index (χ1n) is 19.0. The molecule has 1 N–H and O–H groups in total. The first-order chi connectivity index (χ1) is 23.5. The van der Waals surface area contributed by atoms with E-state index in [0.29, 0.717) is 65.2 Å². The Morgan fingerprint density at radius 2 is 0.904 bits per heavy atom. The van der Waals surface area contributed by atoms with Crippen molar-refractivity contribution in [3.8, 4) is 0 Å². The van der Waals surface area contributed by atoms with Gasteiger partial charge in [0, 0.05) is 58.4 Å². The van der Waals surface area contributed by atoms with E-state index in [2.05, 4.69) is 38.8 Å². The minimum absolute atomic E-state index is 0.0487. The number of carboxylic acids is 1. The molecule has 0 spiro atoms. The molecule has 0 amide bonds. The average Bonchev–Trinajstić information content (AvgIpc) is 3.32. The smallest absolute Gasteiger partial charge is 0.320 e. The van der Waals surface area contributed by atoms with E-state index in [1.54, 1.807) is 0 Å². The van der Waals surface area contributed by atoms with E-state index in [9.17, 15) is 24.3 Å². The number of hydrogen-bond donors (Lipinski definition) is 1. The van der Waals surface area contributed by atoms with Crippen LogP contribution in [0.3, 0.4) is 0 Å². The van der Waals surface area contributed by atoms with Crippen molar-refractivity contribution in [2.75, 3.05) is 72.0 Å². The lowest BCUT2D eigenvalue weighted by Gasteiger charge is -2.43. The lowest BCUT2D eigenvalue weighted by atomic mass is 10.0. The zero-order valence-corrected chi connectivity index (χ0v) is 35.9. The van der Waals surface area contributed by atoms with Crippen LogP contribution in [0.1, 0.15) is 95.9 Å². The third-order valence-electron chi connectivity index (χ3n) is 9.74. The topological polar surface area (TPSA) is 138 Å². The molecule has 0 aromatic rings. The fourth-order valence-corrected chi connectivity index (χ4v) is 7.75. The Bertz CT molecular complexity index is 1160. The number of carbonyl (C=O) groups excluding carboxylic acids is 3. The number of hydrogen-bond acceptors (Lipinski definition) is 12. The number of aliphatic carboxylic acids is 1. The highest BCUT2D eigenvalue weighted by Crippen LogP contribution is 2.42. The fraction of sp³-hybridized carbons (Fsp3) is 0.895. The number of nitrogens with zero attached hydrogens (tertiary/aromatic N) is 4. The maximum atomic E-state index is 13.1. The molecular weight excluding hydrogens is 685 g/mol. The van der Waals surface area contributed by atoms with Gasteiger partial charge in [0.15, 0.2) is 8.32 Å². The van der Waals surface area contributed by atoms with Crippen LogP contribution in [0.25, 0.3) is 0 Å². The highest BCUT2D eigenvalue weighted by Gasteiger charge is 2.49. The molecule has 2 aliphatic rings. The van der Waals surface area contributed by atoms with Gasteiger partial charge in [0.05, 0.1) is 31.7 Å². The largest absolute Gasteiger partial charge is 0.481 e. The van der Waals surface area contributed by atoms with Crippen LogP contribution < -0.4 is 0 Å². The molecule has 2 rings (SSSR count). The van der Waals surface area contributed by atoms with Gasteiger partial charge < -0.3 is 23.7 Å². The molecular formula is C38H72N4O9Si. The molecule has 1 heterocycles. The molecule has 13 nitrogen and oxygen atoms in total. The van der Waals surface area contributed by atoms with Crippen LogP contribution in [-0.4, -0.2) is 158 Å². The van der Waals surface area contributed by atoms with Gasteiger partial charge >= 0.3 is 23.9 Å². The van der Waals surface area contributed by atoms with Gasteiger partial charge in [0.1, 0.15) is 16.8 Å². The van der Waals surface area contributed by atoms with Crippen molar-refractivity contribution >= 4 is 32.2 Å². The lowest BCUT2D eigenvalue weighted by molar-refractivity contribution is -0.158. The highest BCUT2D eigenvalue weighted by atomic mass is 28.4. The van der Waals surface area contributed by atoms with E-state index < -0.39 is 37.0 Å². The van der Waals surface area contributed by atoms with E-state index in [4.69, 9.17) is 18.6 Å². The standard InChI is InChI=1S/C38H72N4O9Si/c1-35(2,3)48-30(43)25-39-17-19-40(26-31(44)49-36(4,5)6)21-23-42(24-22-41(20-18-39)27-32(45)50-37(7,8)9)33-28(34(46)47)15-16-29(33)51-52(13,14)38(10,11)12/h28-29,33H,15-27H2,1-14H3,(H,46,47)/t28-,29-,33-/m0/s1. The Labute approximate surface area is 315 Å². The van der Waals surface area contributed by atoms with Gasteiger partial charge in [-0.3, -0.25) is 38.8 Å². The number of ether oxygens (including phenoxy) is 3.